The van der Waals surface area contributed by atoms with Gasteiger partial charge < -0.3 is 20.1 Å². The first-order valence-electron chi connectivity index (χ1n) is 10.5. The second-order valence-electron chi connectivity index (χ2n) is 8.60. The highest BCUT2D eigenvalue weighted by molar-refractivity contribution is 5.95. The summed E-state index contributed by atoms with van der Waals surface area (Å²) < 4.78 is 19.1. The van der Waals surface area contributed by atoms with Crippen LogP contribution in [0.25, 0.3) is 0 Å². The topological polar surface area (TPSA) is 74.7 Å². The van der Waals surface area contributed by atoms with Crippen LogP contribution in [0.1, 0.15) is 37.0 Å². The summed E-state index contributed by atoms with van der Waals surface area (Å²) in [5, 5.41) is 13.5. The van der Waals surface area contributed by atoms with Crippen molar-refractivity contribution in [3.8, 4) is 5.75 Å². The third-order valence-electron chi connectivity index (χ3n) is 5.94. The zero-order chi connectivity index (χ0) is 21.3. The SMILES string of the molecule is CC(C)NC(=O)c1ccnc(N2C[C@H]3C[C@@H](Oc4ccc(F)cc4)[C@H](O)C[C@H]3C2)c1. The number of benzene rings is 1. The number of nitrogens with zero attached hydrogens (tertiary/aromatic N) is 2. The number of hydrogen-bond acceptors (Lipinski definition) is 5. The standard InChI is InChI=1S/C23H28FN3O3/c1-14(2)26-23(29)15-7-8-25-22(11-15)27-12-16-9-20(28)21(10-17(16)13-27)30-19-5-3-18(24)4-6-19/h3-8,11,14,16-17,20-21,28H,9-10,12-13H2,1-2H3,(H,26,29)/t16-,17+,20+,21+/m0/s1. The number of hydrogen-bond donors (Lipinski definition) is 2. The Balaban J connectivity index is 1.42. The molecule has 1 saturated carbocycles. The van der Waals surface area contributed by atoms with E-state index in [-0.39, 0.29) is 23.9 Å². The quantitative estimate of drug-likeness (QED) is 0.788. The molecule has 4 rings (SSSR count). The van der Waals surface area contributed by atoms with Crippen LogP contribution in [0.3, 0.4) is 0 Å². The molecule has 1 aromatic heterocycles. The number of carbonyl (C=O) groups excluding carboxylic acids is 1. The summed E-state index contributed by atoms with van der Waals surface area (Å²) in [6, 6.07) is 9.53. The molecule has 0 radical (unpaired) electrons. The molecule has 1 saturated heterocycles. The van der Waals surface area contributed by atoms with Crippen LogP contribution in [0.2, 0.25) is 0 Å². The molecule has 1 aliphatic carbocycles. The van der Waals surface area contributed by atoms with Crippen LogP contribution < -0.4 is 15.0 Å². The van der Waals surface area contributed by atoms with Crippen molar-refractivity contribution in [2.24, 2.45) is 11.8 Å². The van der Waals surface area contributed by atoms with E-state index in [1.807, 2.05) is 19.9 Å². The molecule has 0 unspecified atom stereocenters. The van der Waals surface area contributed by atoms with Crippen molar-refractivity contribution < 1.29 is 19.0 Å². The van der Waals surface area contributed by atoms with E-state index < -0.39 is 6.10 Å². The fourth-order valence-corrected chi connectivity index (χ4v) is 4.47. The molecular weight excluding hydrogens is 385 g/mol. The third kappa shape index (κ3) is 4.56. The summed E-state index contributed by atoms with van der Waals surface area (Å²) in [6.07, 6.45) is 2.18. The summed E-state index contributed by atoms with van der Waals surface area (Å²) >= 11 is 0. The normalized spacial score (nSPS) is 25.8. The lowest BCUT2D eigenvalue weighted by Gasteiger charge is -2.35. The van der Waals surface area contributed by atoms with Crippen molar-refractivity contribution in [3.63, 3.8) is 0 Å². The van der Waals surface area contributed by atoms with Crippen LogP contribution in [0.15, 0.2) is 42.6 Å². The maximum Gasteiger partial charge on any atom is 0.251 e. The monoisotopic (exact) mass is 413 g/mol. The summed E-state index contributed by atoms with van der Waals surface area (Å²) in [7, 11) is 0. The van der Waals surface area contributed by atoms with Gasteiger partial charge in [0.05, 0.1) is 6.10 Å². The van der Waals surface area contributed by atoms with Crippen molar-refractivity contribution in [1.29, 1.82) is 0 Å². The summed E-state index contributed by atoms with van der Waals surface area (Å²) in [6.45, 7) is 5.47. The van der Waals surface area contributed by atoms with Crippen LogP contribution in [-0.2, 0) is 0 Å². The molecule has 2 heterocycles. The number of halogens is 1. The minimum absolute atomic E-state index is 0.0725. The van der Waals surface area contributed by atoms with Gasteiger partial charge in [0.2, 0.25) is 0 Å². The van der Waals surface area contributed by atoms with Gasteiger partial charge in [-0.2, -0.15) is 0 Å². The van der Waals surface area contributed by atoms with Crippen LogP contribution in [0, 0.1) is 17.7 Å². The highest BCUT2D eigenvalue weighted by Crippen LogP contribution is 2.39. The predicted octanol–water partition coefficient (Wildman–Crippen LogP) is 3.01. The van der Waals surface area contributed by atoms with Gasteiger partial charge in [0, 0.05) is 30.9 Å². The fraction of sp³-hybridized carbons (Fsp3) is 0.478. The number of ether oxygens (including phenoxy) is 1. The van der Waals surface area contributed by atoms with E-state index in [9.17, 15) is 14.3 Å². The lowest BCUT2D eigenvalue weighted by Crippen LogP contribution is -2.42. The Bertz CT molecular complexity index is 890. The lowest BCUT2D eigenvalue weighted by molar-refractivity contribution is -0.0231. The van der Waals surface area contributed by atoms with Gasteiger partial charge in [-0.05, 0) is 74.9 Å². The predicted molar refractivity (Wildman–Crippen MR) is 112 cm³/mol. The fourth-order valence-electron chi connectivity index (χ4n) is 4.47. The number of pyridine rings is 1. The van der Waals surface area contributed by atoms with E-state index >= 15 is 0 Å². The first kappa shape index (κ1) is 20.6. The zero-order valence-electron chi connectivity index (χ0n) is 17.3. The van der Waals surface area contributed by atoms with Gasteiger partial charge in [-0.15, -0.1) is 0 Å². The number of aromatic nitrogens is 1. The Morgan fingerprint density at radius 2 is 1.90 bits per heavy atom. The summed E-state index contributed by atoms with van der Waals surface area (Å²) in [5.41, 5.74) is 0.598. The van der Waals surface area contributed by atoms with E-state index in [2.05, 4.69) is 15.2 Å². The smallest absolute Gasteiger partial charge is 0.251 e. The molecule has 1 amide bonds. The highest BCUT2D eigenvalue weighted by Gasteiger charge is 2.43. The van der Waals surface area contributed by atoms with E-state index in [4.69, 9.17) is 4.74 Å². The molecular formula is C23H28FN3O3. The maximum atomic E-state index is 13.1. The number of amides is 1. The molecule has 2 aliphatic rings. The second-order valence-corrected chi connectivity index (χ2v) is 8.60. The average Bonchev–Trinajstić information content (AvgIpc) is 3.12. The number of rotatable bonds is 5. The summed E-state index contributed by atoms with van der Waals surface area (Å²) in [5.74, 6) is 1.66. The molecule has 6 nitrogen and oxygen atoms in total. The van der Waals surface area contributed by atoms with Crippen molar-refractivity contribution in [1.82, 2.24) is 10.3 Å². The largest absolute Gasteiger partial charge is 0.488 e. The van der Waals surface area contributed by atoms with Crippen LogP contribution in [0.5, 0.6) is 5.75 Å². The highest BCUT2D eigenvalue weighted by atomic mass is 19.1. The van der Waals surface area contributed by atoms with Crippen LogP contribution in [-0.4, -0.2) is 47.3 Å². The molecule has 160 valence electrons. The van der Waals surface area contributed by atoms with Gasteiger partial charge in [-0.1, -0.05) is 0 Å². The Morgan fingerprint density at radius 3 is 2.60 bits per heavy atom. The van der Waals surface area contributed by atoms with E-state index in [0.29, 0.717) is 29.6 Å². The number of aliphatic hydroxyl groups is 1. The first-order valence-corrected chi connectivity index (χ1v) is 10.5. The molecule has 4 atom stereocenters. The average molecular weight is 413 g/mol. The van der Waals surface area contributed by atoms with E-state index in [0.717, 1.165) is 25.3 Å². The lowest BCUT2D eigenvalue weighted by atomic mass is 9.78. The van der Waals surface area contributed by atoms with Crippen molar-refractivity contribution in [2.45, 2.75) is 44.9 Å². The van der Waals surface area contributed by atoms with Gasteiger partial charge in [0.1, 0.15) is 23.5 Å². The van der Waals surface area contributed by atoms with Gasteiger partial charge in [0.25, 0.3) is 5.91 Å². The van der Waals surface area contributed by atoms with Gasteiger partial charge >= 0.3 is 0 Å². The number of fused-ring (bicyclic) bond motifs is 1. The molecule has 2 fully saturated rings. The molecule has 7 heteroatoms. The third-order valence-corrected chi connectivity index (χ3v) is 5.94. The molecule has 1 aliphatic heterocycles. The molecule has 2 N–H and O–H groups in total. The summed E-state index contributed by atoms with van der Waals surface area (Å²) in [4.78, 5) is 19.0. The molecule has 2 aromatic rings. The molecule has 1 aromatic carbocycles. The van der Waals surface area contributed by atoms with Gasteiger partial charge in [0.15, 0.2) is 0 Å². The van der Waals surface area contributed by atoms with Gasteiger partial charge in [-0.3, -0.25) is 4.79 Å². The van der Waals surface area contributed by atoms with Crippen molar-refractivity contribution >= 4 is 11.7 Å². The Labute approximate surface area is 176 Å². The Kier molecular flexibility index (Phi) is 5.90. The molecule has 0 bridgehead atoms. The van der Waals surface area contributed by atoms with E-state index in [1.165, 1.54) is 12.1 Å². The Hall–Kier alpha value is -2.67. The minimum atomic E-state index is -0.563. The number of aliphatic hydroxyl groups excluding tert-OH is 1. The number of nitrogens with one attached hydrogen (secondary N) is 1. The van der Waals surface area contributed by atoms with Crippen LogP contribution in [0.4, 0.5) is 10.2 Å². The zero-order valence-corrected chi connectivity index (χ0v) is 17.3. The number of anilines is 1. The Morgan fingerprint density at radius 1 is 1.20 bits per heavy atom. The second kappa shape index (κ2) is 8.60. The minimum Gasteiger partial charge on any atom is -0.488 e. The van der Waals surface area contributed by atoms with Crippen LogP contribution >= 0.6 is 0 Å². The van der Waals surface area contributed by atoms with Gasteiger partial charge in [-0.25, -0.2) is 9.37 Å². The van der Waals surface area contributed by atoms with Crippen molar-refractivity contribution in [2.75, 3.05) is 18.0 Å². The van der Waals surface area contributed by atoms with E-state index in [1.54, 1.807) is 24.4 Å². The molecule has 0 spiro atoms. The maximum absolute atomic E-state index is 13.1. The number of carbonyl (C=O) groups is 1. The molecule has 30 heavy (non-hydrogen) atoms. The first-order chi connectivity index (χ1) is 14.4. The van der Waals surface area contributed by atoms with Crippen molar-refractivity contribution in [3.05, 3.63) is 54.0 Å².